The standard InChI is InChI=1S/C13H16N2O/c16-11-14-13-7-4-8-15(10-13)9-12-5-2-1-3-6-12/h1-3,5-6,13H,4,7-10H2. The zero-order valence-corrected chi connectivity index (χ0v) is 9.30. The number of carbonyl (C=O) groups excluding carboxylic acids is 1. The van der Waals surface area contributed by atoms with Gasteiger partial charge in [0.25, 0.3) is 0 Å². The molecule has 1 aromatic carbocycles. The Morgan fingerprint density at radius 2 is 2.19 bits per heavy atom. The molecule has 0 spiro atoms. The van der Waals surface area contributed by atoms with Crippen molar-refractivity contribution < 1.29 is 4.79 Å². The van der Waals surface area contributed by atoms with Gasteiger partial charge in [0.1, 0.15) is 0 Å². The number of aliphatic imine (C=N–C) groups is 1. The number of hydrogen-bond acceptors (Lipinski definition) is 3. The molecule has 84 valence electrons. The molecule has 1 heterocycles. The molecule has 1 unspecified atom stereocenters. The summed E-state index contributed by atoms with van der Waals surface area (Å²) >= 11 is 0. The van der Waals surface area contributed by atoms with E-state index in [0.717, 1.165) is 32.5 Å². The smallest absolute Gasteiger partial charge is 0.235 e. The van der Waals surface area contributed by atoms with Crippen molar-refractivity contribution in [1.82, 2.24) is 4.90 Å². The first-order chi connectivity index (χ1) is 7.88. The Bertz CT molecular complexity index is 371. The largest absolute Gasteiger partial charge is 0.297 e. The van der Waals surface area contributed by atoms with Gasteiger partial charge in [0, 0.05) is 13.1 Å². The molecule has 0 saturated carbocycles. The van der Waals surface area contributed by atoms with Gasteiger partial charge >= 0.3 is 0 Å². The number of rotatable bonds is 3. The average molecular weight is 216 g/mol. The molecule has 0 N–H and O–H groups in total. The van der Waals surface area contributed by atoms with Gasteiger partial charge in [0.2, 0.25) is 6.08 Å². The highest BCUT2D eigenvalue weighted by atomic mass is 16.1. The number of piperidine rings is 1. The first-order valence-electron chi connectivity index (χ1n) is 5.72. The van der Waals surface area contributed by atoms with Gasteiger partial charge in [-0.2, -0.15) is 0 Å². The molecule has 0 aromatic heterocycles. The fraction of sp³-hybridized carbons (Fsp3) is 0.462. The van der Waals surface area contributed by atoms with Crippen molar-refractivity contribution in [2.45, 2.75) is 25.4 Å². The van der Waals surface area contributed by atoms with Crippen molar-refractivity contribution in [1.29, 1.82) is 0 Å². The van der Waals surface area contributed by atoms with Crippen molar-refractivity contribution in [3.8, 4) is 0 Å². The van der Waals surface area contributed by atoms with Crippen LogP contribution in [-0.4, -0.2) is 30.1 Å². The molecule has 0 radical (unpaired) electrons. The van der Waals surface area contributed by atoms with Crippen molar-refractivity contribution in [3.63, 3.8) is 0 Å². The maximum atomic E-state index is 10.2. The minimum atomic E-state index is 0.148. The minimum absolute atomic E-state index is 0.148. The molecule has 1 atom stereocenters. The van der Waals surface area contributed by atoms with Crippen LogP contribution in [0.4, 0.5) is 0 Å². The third kappa shape index (κ3) is 3.02. The van der Waals surface area contributed by atoms with Crippen LogP contribution in [0.3, 0.4) is 0 Å². The summed E-state index contributed by atoms with van der Waals surface area (Å²) in [6.45, 7) is 2.93. The highest BCUT2D eigenvalue weighted by Gasteiger charge is 2.18. The van der Waals surface area contributed by atoms with E-state index in [0.29, 0.717) is 0 Å². The third-order valence-corrected chi connectivity index (χ3v) is 2.96. The van der Waals surface area contributed by atoms with E-state index in [2.05, 4.69) is 34.2 Å². The number of benzene rings is 1. The second-order valence-corrected chi connectivity index (χ2v) is 4.24. The van der Waals surface area contributed by atoms with Gasteiger partial charge in [-0.1, -0.05) is 30.3 Å². The lowest BCUT2D eigenvalue weighted by Crippen LogP contribution is -2.36. The predicted octanol–water partition coefficient (Wildman–Crippen LogP) is 1.99. The molecule has 1 aromatic rings. The molecule has 2 rings (SSSR count). The Kier molecular flexibility index (Phi) is 3.86. The lowest BCUT2D eigenvalue weighted by atomic mass is 10.1. The fourth-order valence-electron chi connectivity index (χ4n) is 2.20. The van der Waals surface area contributed by atoms with Crippen molar-refractivity contribution in [2.24, 2.45) is 4.99 Å². The van der Waals surface area contributed by atoms with Gasteiger partial charge in [-0.3, -0.25) is 4.90 Å². The lowest BCUT2D eigenvalue weighted by molar-refractivity contribution is 0.202. The van der Waals surface area contributed by atoms with Gasteiger partial charge in [0.15, 0.2) is 0 Å². The molecule has 0 amide bonds. The van der Waals surface area contributed by atoms with E-state index >= 15 is 0 Å². The van der Waals surface area contributed by atoms with Crippen LogP contribution in [0.5, 0.6) is 0 Å². The van der Waals surface area contributed by atoms with Crippen molar-refractivity contribution >= 4 is 6.08 Å². The van der Waals surface area contributed by atoms with Gasteiger partial charge in [-0.15, -0.1) is 0 Å². The lowest BCUT2D eigenvalue weighted by Gasteiger charge is -2.29. The average Bonchev–Trinajstić information content (AvgIpc) is 2.31. The molecule has 3 nitrogen and oxygen atoms in total. The predicted molar refractivity (Wildman–Crippen MR) is 62.9 cm³/mol. The second-order valence-electron chi connectivity index (χ2n) is 4.24. The zero-order valence-electron chi connectivity index (χ0n) is 9.30. The maximum absolute atomic E-state index is 10.2. The molecular formula is C13H16N2O. The molecule has 16 heavy (non-hydrogen) atoms. The van der Waals surface area contributed by atoms with Gasteiger partial charge in [-0.25, -0.2) is 9.79 Å². The molecule has 0 bridgehead atoms. The minimum Gasteiger partial charge on any atom is -0.297 e. The van der Waals surface area contributed by atoms with Gasteiger partial charge in [-0.05, 0) is 24.9 Å². The molecule has 1 fully saturated rings. The topological polar surface area (TPSA) is 32.7 Å². The number of hydrogen-bond donors (Lipinski definition) is 0. The first-order valence-corrected chi connectivity index (χ1v) is 5.72. The van der Waals surface area contributed by atoms with Crippen LogP contribution < -0.4 is 0 Å². The Morgan fingerprint density at radius 1 is 1.38 bits per heavy atom. The van der Waals surface area contributed by atoms with Crippen LogP contribution in [0.1, 0.15) is 18.4 Å². The SMILES string of the molecule is O=C=NC1CCCN(Cc2ccccc2)C1. The molecule has 1 saturated heterocycles. The summed E-state index contributed by atoms with van der Waals surface area (Å²) in [5, 5.41) is 0. The second kappa shape index (κ2) is 5.59. The maximum Gasteiger partial charge on any atom is 0.235 e. The highest BCUT2D eigenvalue weighted by Crippen LogP contribution is 2.15. The summed E-state index contributed by atoms with van der Waals surface area (Å²) in [6.07, 6.45) is 3.80. The van der Waals surface area contributed by atoms with E-state index in [9.17, 15) is 4.79 Å². The summed E-state index contributed by atoms with van der Waals surface area (Å²) < 4.78 is 0. The Morgan fingerprint density at radius 3 is 2.94 bits per heavy atom. The fourth-order valence-corrected chi connectivity index (χ4v) is 2.20. The zero-order chi connectivity index (χ0) is 11.2. The molecule has 3 heteroatoms. The van der Waals surface area contributed by atoms with E-state index in [1.165, 1.54) is 5.56 Å². The number of likely N-dealkylation sites (tertiary alicyclic amines) is 1. The summed E-state index contributed by atoms with van der Waals surface area (Å²) in [4.78, 5) is 16.4. The van der Waals surface area contributed by atoms with E-state index in [4.69, 9.17) is 0 Å². The van der Waals surface area contributed by atoms with Crippen molar-refractivity contribution in [3.05, 3.63) is 35.9 Å². The Balaban J connectivity index is 1.93. The number of isocyanates is 1. The van der Waals surface area contributed by atoms with E-state index in [-0.39, 0.29) is 6.04 Å². The first kappa shape index (κ1) is 11.1. The summed E-state index contributed by atoms with van der Waals surface area (Å²) in [7, 11) is 0. The summed E-state index contributed by atoms with van der Waals surface area (Å²) in [5.41, 5.74) is 1.32. The quantitative estimate of drug-likeness (QED) is 0.571. The Labute approximate surface area is 95.8 Å². The van der Waals surface area contributed by atoms with Crippen LogP contribution >= 0.6 is 0 Å². The van der Waals surface area contributed by atoms with Crippen molar-refractivity contribution in [2.75, 3.05) is 13.1 Å². The summed E-state index contributed by atoms with van der Waals surface area (Å²) in [6, 6.07) is 10.5. The van der Waals surface area contributed by atoms with Crippen LogP contribution in [0.2, 0.25) is 0 Å². The van der Waals surface area contributed by atoms with E-state index < -0.39 is 0 Å². The van der Waals surface area contributed by atoms with Crippen LogP contribution in [-0.2, 0) is 11.3 Å². The molecule has 0 aliphatic carbocycles. The van der Waals surface area contributed by atoms with Gasteiger partial charge in [0.05, 0.1) is 6.04 Å². The monoisotopic (exact) mass is 216 g/mol. The normalized spacial score (nSPS) is 21.4. The van der Waals surface area contributed by atoms with Crippen LogP contribution in [0, 0.1) is 0 Å². The third-order valence-electron chi connectivity index (χ3n) is 2.96. The highest BCUT2D eigenvalue weighted by molar-refractivity contribution is 5.33. The Hall–Kier alpha value is -1.44. The molecule has 1 aliphatic heterocycles. The summed E-state index contributed by atoms with van der Waals surface area (Å²) in [5.74, 6) is 0. The van der Waals surface area contributed by atoms with Crippen LogP contribution in [0.15, 0.2) is 35.3 Å². The van der Waals surface area contributed by atoms with Crippen LogP contribution in [0.25, 0.3) is 0 Å². The number of nitrogens with zero attached hydrogens (tertiary/aromatic N) is 2. The van der Waals surface area contributed by atoms with E-state index in [1.54, 1.807) is 6.08 Å². The van der Waals surface area contributed by atoms with E-state index in [1.807, 2.05) is 6.07 Å². The van der Waals surface area contributed by atoms with Gasteiger partial charge < -0.3 is 0 Å². The molecular weight excluding hydrogens is 200 g/mol. The molecule has 1 aliphatic rings.